The highest BCUT2D eigenvalue weighted by Gasteiger charge is 2.23. The number of carboxylic acid groups (broad SMARTS) is 1. The van der Waals surface area contributed by atoms with Gasteiger partial charge in [-0.2, -0.15) is 0 Å². The Balaban J connectivity index is 3.04. The molecule has 1 atom stereocenters. The quantitative estimate of drug-likeness (QED) is 0.904. The summed E-state index contributed by atoms with van der Waals surface area (Å²) in [7, 11) is 0. The molecule has 1 aromatic rings. The topological polar surface area (TPSA) is 57.6 Å². The highest BCUT2D eigenvalue weighted by Crippen LogP contribution is 2.19. The van der Waals surface area contributed by atoms with E-state index in [1.807, 2.05) is 20.8 Å². The van der Waals surface area contributed by atoms with Gasteiger partial charge in [-0.3, -0.25) is 9.59 Å². The number of hydrogen-bond donors (Lipinski definition) is 1. The largest absolute Gasteiger partial charge is 0.480 e. The highest BCUT2D eigenvalue weighted by atomic mass is 35.5. The average molecular weight is 284 g/mol. The molecule has 0 aliphatic heterocycles. The summed E-state index contributed by atoms with van der Waals surface area (Å²) in [6.07, 6.45) is 0.693. The molecule has 1 N–H and O–H groups in total. The van der Waals surface area contributed by atoms with Crippen LogP contribution in [0, 0.1) is 6.92 Å². The summed E-state index contributed by atoms with van der Waals surface area (Å²) in [6.45, 7) is 5.28. The summed E-state index contributed by atoms with van der Waals surface area (Å²) < 4.78 is 0. The summed E-state index contributed by atoms with van der Waals surface area (Å²) in [5.41, 5.74) is 1.30. The fourth-order valence-electron chi connectivity index (χ4n) is 1.69. The summed E-state index contributed by atoms with van der Waals surface area (Å²) in [4.78, 5) is 24.6. The molecule has 0 fully saturated rings. The smallest absolute Gasteiger partial charge is 0.323 e. The molecule has 0 aliphatic carbocycles. The lowest BCUT2D eigenvalue weighted by atomic mass is 10.1. The first-order valence-corrected chi connectivity index (χ1v) is 6.53. The molecule has 4 nitrogen and oxygen atoms in total. The lowest BCUT2D eigenvalue weighted by Gasteiger charge is -2.27. The van der Waals surface area contributed by atoms with Crippen LogP contribution >= 0.6 is 11.6 Å². The minimum atomic E-state index is -1.02. The second kappa shape index (κ2) is 6.57. The maximum Gasteiger partial charge on any atom is 0.323 e. The van der Waals surface area contributed by atoms with E-state index in [1.54, 1.807) is 18.2 Å². The van der Waals surface area contributed by atoms with E-state index in [9.17, 15) is 9.59 Å². The first kappa shape index (κ1) is 15.5. The van der Waals surface area contributed by atoms with Crippen molar-refractivity contribution in [3.8, 4) is 0 Å². The lowest BCUT2D eigenvalue weighted by molar-refractivity contribution is -0.138. The molecule has 1 aromatic carbocycles. The number of carbonyl (C=O) groups is 2. The first-order chi connectivity index (χ1) is 8.86. The zero-order valence-electron chi connectivity index (χ0n) is 11.3. The minimum Gasteiger partial charge on any atom is -0.480 e. The van der Waals surface area contributed by atoms with Crippen LogP contribution in [-0.4, -0.2) is 34.5 Å². The van der Waals surface area contributed by atoms with Gasteiger partial charge in [0.25, 0.3) is 5.91 Å². The lowest BCUT2D eigenvalue weighted by Crippen LogP contribution is -2.41. The van der Waals surface area contributed by atoms with Gasteiger partial charge in [-0.05, 0) is 38.0 Å². The number of rotatable bonds is 5. The fourth-order valence-corrected chi connectivity index (χ4v) is 1.87. The van der Waals surface area contributed by atoms with Crippen molar-refractivity contribution >= 4 is 23.5 Å². The minimum absolute atomic E-state index is 0.135. The number of carbonyl (C=O) groups excluding carboxylic acids is 1. The molecule has 0 saturated heterocycles. The molecular weight excluding hydrogens is 266 g/mol. The van der Waals surface area contributed by atoms with Crippen LogP contribution in [0.1, 0.15) is 36.2 Å². The van der Waals surface area contributed by atoms with E-state index in [2.05, 4.69) is 0 Å². The predicted octanol–water partition coefficient (Wildman–Crippen LogP) is 2.97. The number of halogens is 1. The van der Waals surface area contributed by atoms with Gasteiger partial charge in [0.05, 0.1) is 0 Å². The van der Waals surface area contributed by atoms with E-state index in [-0.39, 0.29) is 18.5 Å². The molecule has 1 unspecified atom stereocenters. The van der Waals surface area contributed by atoms with Crippen molar-refractivity contribution in [2.45, 2.75) is 33.2 Å². The molecule has 0 bridgehead atoms. The van der Waals surface area contributed by atoms with Crippen molar-refractivity contribution < 1.29 is 14.7 Å². The summed E-state index contributed by atoms with van der Waals surface area (Å²) in [5, 5.41) is 9.41. The van der Waals surface area contributed by atoms with Crippen LogP contribution < -0.4 is 0 Å². The van der Waals surface area contributed by atoms with E-state index in [0.717, 1.165) is 5.56 Å². The van der Waals surface area contributed by atoms with Gasteiger partial charge >= 0.3 is 5.97 Å². The molecule has 19 heavy (non-hydrogen) atoms. The Bertz CT molecular complexity index is 488. The van der Waals surface area contributed by atoms with Gasteiger partial charge < -0.3 is 10.0 Å². The predicted molar refractivity (Wildman–Crippen MR) is 74.6 cm³/mol. The number of hydrogen-bond acceptors (Lipinski definition) is 2. The Morgan fingerprint density at radius 3 is 2.53 bits per heavy atom. The third kappa shape index (κ3) is 3.96. The SMILES string of the molecule is CCC(C)N(CC(=O)O)C(=O)c1ccc(C)c(Cl)c1. The van der Waals surface area contributed by atoms with E-state index in [1.165, 1.54) is 4.90 Å². The van der Waals surface area contributed by atoms with E-state index < -0.39 is 5.97 Å². The number of aliphatic carboxylic acids is 1. The van der Waals surface area contributed by atoms with Gasteiger partial charge in [0.1, 0.15) is 6.54 Å². The maximum absolute atomic E-state index is 12.3. The molecule has 0 heterocycles. The van der Waals surface area contributed by atoms with Gasteiger partial charge in [-0.25, -0.2) is 0 Å². The van der Waals surface area contributed by atoms with E-state index >= 15 is 0 Å². The van der Waals surface area contributed by atoms with Crippen molar-refractivity contribution in [3.05, 3.63) is 34.3 Å². The average Bonchev–Trinajstić information content (AvgIpc) is 2.37. The van der Waals surface area contributed by atoms with Crippen LogP contribution in [0.5, 0.6) is 0 Å². The molecule has 5 heteroatoms. The number of benzene rings is 1. The zero-order valence-corrected chi connectivity index (χ0v) is 12.1. The molecule has 0 radical (unpaired) electrons. The Morgan fingerprint density at radius 1 is 1.42 bits per heavy atom. The van der Waals surface area contributed by atoms with Crippen molar-refractivity contribution in [2.75, 3.05) is 6.54 Å². The number of carboxylic acids is 1. The van der Waals surface area contributed by atoms with E-state index in [4.69, 9.17) is 16.7 Å². The summed E-state index contributed by atoms with van der Waals surface area (Å²) in [6, 6.07) is 4.87. The maximum atomic E-state index is 12.3. The van der Waals surface area contributed by atoms with Gasteiger partial charge in [-0.15, -0.1) is 0 Å². The Kier molecular flexibility index (Phi) is 5.36. The van der Waals surface area contributed by atoms with Gasteiger partial charge in [0.15, 0.2) is 0 Å². The number of nitrogens with zero attached hydrogens (tertiary/aromatic N) is 1. The normalized spacial score (nSPS) is 12.0. The van der Waals surface area contributed by atoms with Crippen molar-refractivity contribution in [2.24, 2.45) is 0 Å². The molecule has 104 valence electrons. The molecule has 0 saturated carbocycles. The van der Waals surface area contributed by atoms with Crippen LogP contribution in [-0.2, 0) is 4.79 Å². The second-order valence-corrected chi connectivity index (χ2v) is 4.96. The van der Waals surface area contributed by atoms with Crippen LogP contribution in [0.15, 0.2) is 18.2 Å². The Hall–Kier alpha value is -1.55. The third-order valence-corrected chi connectivity index (χ3v) is 3.52. The third-order valence-electron chi connectivity index (χ3n) is 3.11. The van der Waals surface area contributed by atoms with Gasteiger partial charge in [0.2, 0.25) is 0 Å². The summed E-state index contributed by atoms with van der Waals surface area (Å²) in [5.74, 6) is -1.33. The van der Waals surface area contributed by atoms with Gasteiger partial charge in [-0.1, -0.05) is 24.6 Å². The van der Waals surface area contributed by atoms with Crippen LogP contribution in [0.2, 0.25) is 5.02 Å². The molecule has 0 aliphatic rings. The standard InChI is InChI=1S/C14H18ClNO3/c1-4-10(3)16(8-13(17)18)14(19)11-6-5-9(2)12(15)7-11/h5-7,10H,4,8H2,1-3H3,(H,17,18). The fraction of sp³-hybridized carbons (Fsp3) is 0.429. The molecular formula is C14H18ClNO3. The van der Waals surface area contributed by atoms with Crippen LogP contribution in [0.4, 0.5) is 0 Å². The first-order valence-electron chi connectivity index (χ1n) is 6.15. The van der Waals surface area contributed by atoms with Crippen LogP contribution in [0.25, 0.3) is 0 Å². The molecule has 1 rings (SSSR count). The van der Waals surface area contributed by atoms with Crippen molar-refractivity contribution in [1.29, 1.82) is 0 Å². The monoisotopic (exact) mass is 283 g/mol. The zero-order chi connectivity index (χ0) is 14.6. The van der Waals surface area contributed by atoms with E-state index in [0.29, 0.717) is 17.0 Å². The van der Waals surface area contributed by atoms with Gasteiger partial charge in [0, 0.05) is 16.6 Å². The Labute approximate surface area is 118 Å². The number of aryl methyl sites for hydroxylation is 1. The Morgan fingerprint density at radius 2 is 2.05 bits per heavy atom. The van der Waals surface area contributed by atoms with Crippen molar-refractivity contribution in [1.82, 2.24) is 4.90 Å². The number of amides is 1. The molecule has 0 aromatic heterocycles. The van der Waals surface area contributed by atoms with Crippen molar-refractivity contribution in [3.63, 3.8) is 0 Å². The van der Waals surface area contributed by atoms with Crippen LogP contribution in [0.3, 0.4) is 0 Å². The molecule has 0 spiro atoms. The summed E-state index contributed by atoms with van der Waals surface area (Å²) >= 11 is 5.99. The molecule has 1 amide bonds. The highest BCUT2D eigenvalue weighted by molar-refractivity contribution is 6.31. The second-order valence-electron chi connectivity index (χ2n) is 4.55.